The van der Waals surface area contributed by atoms with Crippen LogP contribution in [0.1, 0.15) is 49.3 Å². The monoisotopic (exact) mass is 220 g/mol. The van der Waals surface area contributed by atoms with Gasteiger partial charge in [-0.25, -0.2) is 4.98 Å². The maximum atomic E-state index is 5.43. The molecule has 0 bridgehead atoms. The normalized spacial score (nSPS) is 29.3. The molecule has 2 atom stereocenters. The predicted octanol–water partition coefficient (Wildman–Crippen LogP) is 2.43. The number of H-pyrrole nitrogens is 1. The molecule has 1 N–H and O–H groups in total. The lowest BCUT2D eigenvalue weighted by Gasteiger charge is -2.19. The highest BCUT2D eigenvalue weighted by Crippen LogP contribution is 2.29. The van der Waals surface area contributed by atoms with E-state index < -0.39 is 0 Å². The molecule has 0 aromatic carbocycles. The van der Waals surface area contributed by atoms with Gasteiger partial charge < -0.3 is 9.72 Å². The smallest absolute Gasteiger partial charge is 0.112 e. The molecule has 16 heavy (non-hydrogen) atoms. The molecule has 0 radical (unpaired) electrons. The van der Waals surface area contributed by atoms with Gasteiger partial charge in [-0.3, -0.25) is 0 Å². The summed E-state index contributed by atoms with van der Waals surface area (Å²) in [7, 11) is 0. The molecule has 3 rings (SSSR count). The Kier molecular flexibility index (Phi) is 2.72. The van der Waals surface area contributed by atoms with Crippen molar-refractivity contribution in [3.63, 3.8) is 0 Å². The molecule has 88 valence electrons. The third-order valence-electron chi connectivity index (χ3n) is 4.06. The topological polar surface area (TPSA) is 37.9 Å². The van der Waals surface area contributed by atoms with E-state index in [4.69, 9.17) is 9.72 Å². The molecule has 2 aliphatic rings. The fraction of sp³-hybridized carbons (Fsp3) is 0.769. The molecule has 0 amide bonds. The van der Waals surface area contributed by atoms with Gasteiger partial charge in [0.25, 0.3) is 0 Å². The third kappa shape index (κ3) is 1.77. The Hall–Kier alpha value is -0.830. The zero-order chi connectivity index (χ0) is 11.0. The summed E-state index contributed by atoms with van der Waals surface area (Å²) in [6, 6.07) is 0. The highest BCUT2D eigenvalue weighted by atomic mass is 16.5. The van der Waals surface area contributed by atoms with Crippen LogP contribution < -0.4 is 0 Å². The molecular formula is C13H20N2O. The molecule has 1 aromatic rings. The lowest BCUT2D eigenvalue weighted by atomic mass is 9.88. The first-order valence-corrected chi connectivity index (χ1v) is 6.52. The number of fused-ring (bicyclic) bond motifs is 1. The van der Waals surface area contributed by atoms with E-state index in [0.717, 1.165) is 32.0 Å². The minimum atomic E-state index is 0.519. The Bertz CT molecular complexity index is 366. The van der Waals surface area contributed by atoms with Gasteiger partial charge in [-0.1, -0.05) is 13.3 Å². The lowest BCUT2D eigenvalue weighted by Crippen LogP contribution is -2.12. The standard InChI is InChI=1S/C13H20N2O/c1-2-9-3-4-11-12(7-9)15-13(14-11)10-5-6-16-8-10/h9-10H,2-8H2,1H3,(H,14,15). The van der Waals surface area contributed by atoms with E-state index in [-0.39, 0.29) is 0 Å². The largest absolute Gasteiger partial charge is 0.381 e. The van der Waals surface area contributed by atoms with Crippen LogP contribution in [0.15, 0.2) is 0 Å². The molecular weight excluding hydrogens is 200 g/mol. The molecule has 1 aliphatic heterocycles. The Labute approximate surface area is 96.6 Å². The SMILES string of the molecule is CCC1CCc2nc(C3CCOC3)[nH]c2C1. The van der Waals surface area contributed by atoms with Crippen molar-refractivity contribution in [2.45, 2.75) is 44.9 Å². The van der Waals surface area contributed by atoms with Gasteiger partial charge >= 0.3 is 0 Å². The van der Waals surface area contributed by atoms with Gasteiger partial charge in [0.05, 0.1) is 12.3 Å². The van der Waals surface area contributed by atoms with Gasteiger partial charge in [-0.2, -0.15) is 0 Å². The molecule has 1 fully saturated rings. The average molecular weight is 220 g/mol. The molecule has 1 saturated heterocycles. The van der Waals surface area contributed by atoms with Crippen molar-refractivity contribution in [1.82, 2.24) is 9.97 Å². The molecule has 0 spiro atoms. The number of nitrogens with one attached hydrogen (secondary N) is 1. The molecule has 1 aromatic heterocycles. The van der Waals surface area contributed by atoms with Crippen molar-refractivity contribution < 1.29 is 4.74 Å². The third-order valence-corrected chi connectivity index (χ3v) is 4.06. The zero-order valence-corrected chi connectivity index (χ0v) is 9.96. The van der Waals surface area contributed by atoms with E-state index in [1.807, 2.05) is 0 Å². The van der Waals surface area contributed by atoms with Crippen molar-refractivity contribution in [1.29, 1.82) is 0 Å². The maximum Gasteiger partial charge on any atom is 0.112 e. The zero-order valence-electron chi connectivity index (χ0n) is 9.96. The highest BCUT2D eigenvalue weighted by molar-refractivity contribution is 5.20. The number of aryl methyl sites for hydroxylation is 1. The highest BCUT2D eigenvalue weighted by Gasteiger charge is 2.25. The van der Waals surface area contributed by atoms with Crippen molar-refractivity contribution in [2.24, 2.45) is 5.92 Å². The summed E-state index contributed by atoms with van der Waals surface area (Å²) in [5, 5.41) is 0. The van der Waals surface area contributed by atoms with Gasteiger partial charge in [-0.15, -0.1) is 0 Å². The van der Waals surface area contributed by atoms with Crippen LogP contribution in [0.2, 0.25) is 0 Å². The first-order chi connectivity index (χ1) is 7.86. The van der Waals surface area contributed by atoms with E-state index >= 15 is 0 Å². The fourth-order valence-corrected chi connectivity index (χ4v) is 2.87. The number of hydrogen-bond acceptors (Lipinski definition) is 2. The van der Waals surface area contributed by atoms with E-state index in [0.29, 0.717) is 5.92 Å². The summed E-state index contributed by atoms with van der Waals surface area (Å²) in [6.45, 7) is 4.04. The van der Waals surface area contributed by atoms with E-state index in [1.54, 1.807) is 0 Å². The summed E-state index contributed by atoms with van der Waals surface area (Å²) in [5.74, 6) is 2.56. The van der Waals surface area contributed by atoms with Gasteiger partial charge in [0.15, 0.2) is 0 Å². The van der Waals surface area contributed by atoms with Gasteiger partial charge in [-0.05, 0) is 31.6 Å². The van der Waals surface area contributed by atoms with E-state index in [2.05, 4.69) is 11.9 Å². The van der Waals surface area contributed by atoms with Crippen molar-refractivity contribution in [3.8, 4) is 0 Å². The summed E-state index contributed by atoms with van der Waals surface area (Å²) in [6.07, 6.45) is 6.10. The molecule has 2 heterocycles. The van der Waals surface area contributed by atoms with E-state index in [1.165, 1.54) is 36.5 Å². The van der Waals surface area contributed by atoms with E-state index in [9.17, 15) is 0 Å². The van der Waals surface area contributed by atoms with Crippen molar-refractivity contribution in [3.05, 3.63) is 17.2 Å². The number of hydrogen-bond donors (Lipinski definition) is 1. The molecule has 3 nitrogen and oxygen atoms in total. The fourth-order valence-electron chi connectivity index (χ4n) is 2.87. The lowest BCUT2D eigenvalue weighted by molar-refractivity contribution is 0.193. The Balaban J connectivity index is 1.80. The van der Waals surface area contributed by atoms with Crippen LogP contribution in [0, 0.1) is 5.92 Å². The number of ether oxygens (including phenoxy) is 1. The Morgan fingerprint density at radius 2 is 2.38 bits per heavy atom. The Morgan fingerprint density at radius 3 is 3.12 bits per heavy atom. The minimum Gasteiger partial charge on any atom is -0.381 e. The van der Waals surface area contributed by atoms with Crippen LogP contribution in [0.4, 0.5) is 0 Å². The molecule has 0 saturated carbocycles. The van der Waals surface area contributed by atoms with Crippen LogP contribution >= 0.6 is 0 Å². The van der Waals surface area contributed by atoms with Crippen LogP contribution in [0.25, 0.3) is 0 Å². The second kappa shape index (κ2) is 4.21. The number of rotatable bonds is 2. The summed E-state index contributed by atoms with van der Waals surface area (Å²) in [5.41, 5.74) is 2.73. The summed E-state index contributed by atoms with van der Waals surface area (Å²) < 4.78 is 5.43. The predicted molar refractivity (Wildman–Crippen MR) is 62.6 cm³/mol. The minimum absolute atomic E-state index is 0.519. The number of aromatic nitrogens is 2. The molecule has 2 unspecified atom stereocenters. The molecule has 1 aliphatic carbocycles. The van der Waals surface area contributed by atoms with Gasteiger partial charge in [0.2, 0.25) is 0 Å². The molecule has 3 heteroatoms. The summed E-state index contributed by atoms with van der Waals surface area (Å²) in [4.78, 5) is 8.31. The first-order valence-electron chi connectivity index (χ1n) is 6.52. The Morgan fingerprint density at radius 1 is 1.44 bits per heavy atom. The van der Waals surface area contributed by atoms with Crippen molar-refractivity contribution in [2.75, 3.05) is 13.2 Å². The van der Waals surface area contributed by atoms with Crippen molar-refractivity contribution >= 4 is 0 Å². The maximum absolute atomic E-state index is 5.43. The average Bonchev–Trinajstić information content (AvgIpc) is 2.96. The number of aromatic amines is 1. The van der Waals surface area contributed by atoms with Gasteiger partial charge in [0.1, 0.15) is 5.82 Å². The van der Waals surface area contributed by atoms with Crippen LogP contribution in [0.3, 0.4) is 0 Å². The van der Waals surface area contributed by atoms with Gasteiger partial charge in [0, 0.05) is 18.2 Å². The van der Waals surface area contributed by atoms with Crippen LogP contribution in [-0.2, 0) is 17.6 Å². The van der Waals surface area contributed by atoms with Crippen LogP contribution in [0.5, 0.6) is 0 Å². The second-order valence-corrected chi connectivity index (χ2v) is 5.12. The first kappa shape index (κ1) is 10.3. The number of nitrogens with zero attached hydrogens (tertiary/aromatic N) is 1. The summed E-state index contributed by atoms with van der Waals surface area (Å²) >= 11 is 0. The second-order valence-electron chi connectivity index (χ2n) is 5.12. The van der Waals surface area contributed by atoms with Crippen LogP contribution in [-0.4, -0.2) is 23.2 Å². The quantitative estimate of drug-likeness (QED) is 0.831. The number of imidazole rings is 1.